The second kappa shape index (κ2) is 6.35. The van der Waals surface area contributed by atoms with Crippen LogP contribution in [0.15, 0.2) is 47.4 Å². The molecule has 20 heavy (non-hydrogen) atoms. The molecule has 5 heteroatoms. The molecule has 1 atom stereocenters. The van der Waals surface area contributed by atoms with E-state index < -0.39 is 0 Å². The van der Waals surface area contributed by atoms with Crippen LogP contribution in [-0.2, 0) is 13.5 Å². The van der Waals surface area contributed by atoms with Crippen LogP contribution in [0.2, 0.25) is 0 Å². The van der Waals surface area contributed by atoms with E-state index >= 15 is 0 Å². The monoisotopic (exact) mass is 303 g/mol. The van der Waals surface area contributed by atoms with Gasteiger partial charge in [-0.3, -0.25) is 0 Å². The van der Waals surface area contributed by atoms with Crippen LogP contribution in [0.25, 0.3) is 0 Å². The Bertz CT molecular complexity index is 626. The molecule has 0 bridgehead atoms. The van der Waals surface area contributed by atoms with Gasteiger partial charge in [0, 0.05) is 35.7 Å². The maximum atomic E-state index is 4.50. The van der Waals surface area contributed by atoms with E-state index in [0.717, 1.165) is 18.8 Å². The fourth-order valence-electron chi connectivity index (χ4n) is 2.22. The van der Waals surface area contributed by atoms with Crippen LogP contribution in [0, 0.1) is 0 Å². The number of hydrogen-bond acceptors (Lipinski definition) is 4. The number of nitrogens with zero attached hydrogens (tertiary/aromatic N) is 2. The third-order valence-electron chi connectivity index (χ3n) is 3.24. The lowest BCUT2D eigenvalue weighted by molar-refractivity contribution is 0.569. The minimum Gasteiger partial charge on any atom is -0.336 e. The van der Waals surface area contributed by atoms with Gasteiger partial charge in [0.15, 0.2) is 0 Å². The van der Waals surface area contributed by atoms with Crippen molar-refractivity contribution in [3.63, 3.8) is 0 Å². The number of imidazole rings is 1. The SMILES string of the molecule is Cn1ccnc1C(NCCc1cccs1)c1cccs1. The number of hydrogen-bond donors (Lipinski definition) is 1. The van der Waals surface area contributed by atoms with Crippen molar-refractivity contribution in [1.82, 2.24) is 14.9 Å². The highest BCUT2D eigenvalue weighted by Crippen LogP contribution is 2.24. The molecular weight excluding hydrogens is 286 g/mol. The zero-order chi connectivity index (χ0) is 13.8. The molecule has 3 aromatic rings. The molecule has 3 rings (SSSR count). The normalized spacial score (nSPS) is 12.7. The Morgan fingerprint density at radius 2 is 2.10 bits per heavy atom. The summed E-state index contributed by atoms with van der Waals surface area (Å²) in [4.78, 5) is 7.23. The van der Waals surface area contributed by atoms with Gasteiger partial charge in [-0.25, -0.2) is 4.98 Å². The minimum atomic E-state index is 0.176. The molecule has 0 saturated carbocycles. The van der Waals surface area contributed by atoms with E-state index in [0.29, 0.717) is 0 Å². The average Bonchev–Trinajstić information content (AvgIpc) is 3.18. The van der Waals surface area contributed by atoms with Crippen molar-refractivity contribution in [3.05, 3.63) is 63.0 Å². The van der Waals surface area contributed by atoms with E-state index in [1.165, 1.54) is 9.75 Å². The number of aromatic nitrogens is 2. The molecule has 0 fully saturated rings. The molecule has 0 aromatic carbocycles. The van der Waals surface area contributed by atoms with Gasteiger partial charge in [-0.15, -0.1) is 22.7 Å². The smallest absolute Gasteiger partial charge is 0.131 e. The van der Waals surface area contributed by atoms with E-state index in [1.54, 1.807) is 11.3 Å². The van der Waals surface area contributed by atoms with Crippen LogP contribution in [0.1, 0.15) is 21.6 Å². The summed E-state index contributed by atoms with van der Waals surface area (Å²) in [6.45, 7) is 0.954. The molecule has 104 valence electrons. The molecule has 0 amide bonds. The Balaban J connectivity index is 1.72. The first kappa shape index (κ1) is 13.5. The maximum Gasteiger partial charge on any atom is 0.131 e. The van der Waals surface area contributed by atoms with Crippen LogP contribution >= 0.6 is 22.7 Å². The summed E-state index contributed by atoms with van der Waals surface area (Å²) in [6, 6.07) is 8.73. The summed E-state index contributed by atoms with van der Waals surface area (Å²) in [7, 11) is 2.05. The molecule has 1 N–H and O–H groups in total. The zero-order valence-corrected chi connectivity index (χ0v) is 13.0. The Morgan fingerprint density at radius 1 is 1.25 bits per heavy atom. The first-order chi connectivity index (χ1) is 9.84. The third-order valence-corrected chi connectivity index (χ3v) is 5.12. The fraction of sp³-hybridized carbons (Fsp3) is 0.267. The van der Waals surface area contributed by atoms with E-state index in [2.05, 4.69) is 49.9 Å². The van der Waals surface area contributed by atoms with E-state index in [4.69, 9.17) is 0 Å². The Morgan fingerprint density at radius 3 is 2.75 bits per heavy atom. The largest absolute Gasteiger partial charge is 0.336 e. The molecule has 0 aliphatic carbocycles. The standard InChI is InChI=1S/C15H17N3S2/c1-18-9-8-17-15(18)14(13-5-3-11-20-13)16-7-6-12-4-2-10-19-12/h2-5,8-11,14,16H,6-7H2,1H3. The van der Waals surface area contributed by atoms with Gasteiger partial charge in [0.25, 0.3) is 0 Å². The predicted octanol–water partition coefficient (Wildman–Crippen LogP) is 3.46. The first-order valence-corrected chi connectivity index (χ1v) is 8.37. The topological polar surface area (TPSA) is 29.9 Å². The fourth-order valence-corrected chi connectivity index (χ4v) is 3.73. The van der Waals surface area contributed by atoms with Crippen LogP contribution in [0.5, 0.6) is 0 Å². The van der Waals surface area contributed by atoms with E-state index in [-0.39, 0.29) is 6.04 Å². The maximum absolute atomic E-state index is 4.50. The van der Waals surface area contributed by atoms with Gasteiger partial charge in [0.1, 0.15) is 11.9 Å². The van der Waals surface area contributed by atoms with Crippen molar-refractivity contribution in [1.29, 1.82) is 0 Å². The quantitative estimate of drug-likeness (QED) is 0.756. The highest BCUT2D eigenvalue weighted by atomic mass is 32.1. The van der Waals surface area contributed by atoms with Crippen molar-refractivity contribution in [2.45, 2.75) is 12.5 Å². The lowest BCUT2D eigenvalue weighted by atomic mass is 10.2. The second-order valence-electron chi connectivity index (χ2n) is 4.63. The average molecular weight is 303 g/mol. The molecule has 0 aliphatic rings. The Kier molecular flexibility index (Phi) is 4.30. The summed E-state index contributed by atoms with van der Waals surface area (Å²) >= 11 is 3.59. The van der Waals surface area contributed by atoms with E-state index in [1.807, 2.05) is 30.8 Å². The van der Waals surface area contributed by atoms with Crippen molar-refractivity contribution in [2.75, 3.05) is 6.54 Å². The molecule has 0 radical (unpaired) electrons. The van der Waals surface area contributed by atoms with Crippen molar-refractivity contribution >= 4 is 22.7 Å². The zero-order valence-electron chi connectivity index (χ0n) is 11.3. The third kappa shape index (κ3) is 3.00. The summed E-state index contributed by atoms with van der Waals surface area (Å²) < 4.78 is 2.09. The summed E-state index contributed by atoms with van der Waals surface area (Å²) in [5.74, 6) is 1.07. The van der Waals surface area contributed by atoms with Crippen molar-refractivity contribution in [2.24, 2.45) is 7.05 Å². The molecule has 3 aromatic heterocycles. The second-order valence-corrected chi connectivity index (χ2v) is 6.64. The molecule has 1 unspecified atom stereocenters. The summed E-state index contributed by atoms with van der Waals surface area (Å²) in [6.07, 6.45) is 4.91. The van der Waals surface area contributed by atoms with Gasteiger partial charge in [0.05, 0.1) is 0 Å². The van der Waals surface area contributed by atoms with Gasteiger partial charge >= 0.3 is 0 Å². The predicted molar refractivity (Wildman–Crippen MR) is 85.4 cm³/mol. The number of nitrogens with one attached hydrogen (secondary N) is 1. The molecule has 3 heterocycles. The van der Waals surface area contributed by atoms with Gasteiger partial charge in [0.2, 0.25) is 0 Å². The number of aryl methyl sites for hydroxylation is 1. The lowest BCUT2D eigenvalue weighted by Gasteiger charge is -2.17. The molecule has 0 saturated heterocycles. The number of thiophene rings is 2. The summed E-state index contributed by atoms with van der Waals surface area (Å²) in [5, 5.41) is 7.88. The molecule has 0 aliphatic heterocycles. The van der Waals surface area contributed by atoms with Crippen molar-refractivity contribution < 1.29 is 0 Å². The summed E-state index contributed by atoms with van der Waals surface area (Å²) in [5.41, 5.74) is 0. The highest BCUT2D eigenvalue weighted by Gasteiger charge is 2.18. The van der Waals surface area contributed by atoms with Gasteiger partial charge in [-0.2, -0.15) is 0 Å². The lowest BCUT2D eigenvalue weighted by Crippen LogP contribution is -2.26. The van der Waals surface area contributed by atoms with Crippen molar-refractivity contribution in [3.8, 4) is 0 Å². The minimum absolute atomic E-state index is 0.176. The van der Waals surface area contributed by atoms with Crippen LogP contribution in [0.3, 0.4) is 0 Å². The highest BCUT2D eigenvalue weighted by molar-refractivity contribution is 7.10. The Labute approximate surface area is 126 Å². The number of rotatable bonds is 6. The molecular formula is C15H17N3S2. The Hall–Kier alpha value is -1.43. The van der Waals surface area contributed by atoms with Gasteiger partial charge in [-0.05, 0) is 29.3 Å². The first-order valence-electron chi connectivity index (χ1n) is 6.61. The van der Waals surface area contributed by atoms with Gasteiger partial charge < -0.3 is 9.88 Å². The van der Waals surface area contributed by atoms with Gasteiger partial charge in [-0.1, -0.05) is 12.1 Å². The van der Waals surface area contributed by atoms with Crippen LogP contribution in [-0.4, -0.2) is 16.1 Å². The van der Waals surface area contributed by atoms with Crippen LogP contribution < -0.4 is 5.32 Å². The van der Waals surface area contributed by atoms with Crippen LogP contribution in [0.4, 0.5) is 0 Å². The molecule has 3 nitrogen and oxygen atoms in total. The van der Waals surface area contributed by atoms with E-state index in [9.17, 15) is 0 Å². The molecule has 0 spiro atoms.